The molecule has 0 saturated carbocycles. The second-order valence-electron chi connectivity index (χ2n) is 4.21. The van der Waals surface area contributed by atoms with Crippen LogP contribution in [-0.2, 0) is 11.4 Å². The summed E-state index contributed by atoms with van der Waals surface area (Å²) >= 11 is 0. The predicted molar refractivity (Wildman–Crippen MR) is 63.8 cm³/mol. The van der Waals surface area contributed by atoms with Crippen LogP contribution in [0.4, 0.5) is 0 Å². The van der Waals surface area contributed by atoms with E-state index in [1.807, 2.05) is 37.3 Å². The largest absolute Gasteiger partial charge is 0.467 e. The predicted octanol–water partition coefficient (Wildman–Crippen LogP) is 2.47. The zero-order valence-corrected chi connectivity index (χ0v) is 10.00. The molecular weight excluding hydrogens is 232 g/mol. The van der Waals surface area contributed by atoms with Crippen LogP contribution in [0.3, 0.4) is 0 Å². The Labute approximate surface area is 104 Å². The number of rotatable bonds is 3. The Hall–Kier alpha value is -2.14. The Morgan fingerprint density at radius 3 is 2.89 bits per heavy atom. The molecule has 1 aliphatic rings. The van der Waals surface area contributed by atoms with E-state index in [2.05, 4.69) is 0 Å². The van der Waals surface area contributed by atoms with Crippen molar-refractivity contribution in [2.24, 2.45) is 5.73 Å². The number of nitrogens with zero attached hydrogens (tertiary/aromatic N) is 1. The molecule has 0 spiro atoms. The van der Waals surface area contributed by atoms with Gasteiger partial charge in [0.2, 0.25) is 5.88 Å². The molecule has 18 heavy (non-hydrogen) atoms. The van der Waals surface area contributed by atoms with Crippen molar-refractivity contribution in [2.45, 2.75) is 19.5 Å². The number of aryl methyl sites for hydroxylation is 1. The summed E-state index contributed by atoms with van der Waals surface area (Å²) in [6.07, 6.45) is 3.45. The molecule has 0 radical (unpaired) electrons. The van der Waals surface area contributed by atoms with Crippen LogP contribution in [0.25, 0.3) is 0 Å². The van der Waals surface area contributed by atoms with E-state index in [-0.39, 0.29) is 6.04 Å². The maximum atomic E-state index is 5.71. The van der Waals surface area contributed by atoms with Crippen LogP contribution in [0.2, 0.25) is 0 Å². The summed E-state index contributed by atoms with van der Waals surface area (Å²) < 4.78 is 10.9. The van der Waals surface area contributed by atoms with Crippen molar-refractivity contribution in [3.63, 3.8) is 0 Å². The third-order valence-electron chi connectivity index (χ3n) is 2.80. The highest BCUT2D eigenvalue weighted by Crippen LogP contribution is 2.31. The lowest BCUT2D eigenvalue weighted by Gasteiger charge is -2.19. The summed E-state index contributed by atoms with van der Waals surface area (Å²) in [6, 6.07) is 7.46. The van der Waals surface area contributed by atoms with E-state index in [1.165, 1.54) is 0 Å². The van der Waals surface area contributed by atoms with E-state index in [4.69, 9.17) is 19.4 Å². The van der Waals surface area contributed by atoms with Crippen LogP contribution in [-0.4, -0.2) is 5.06 Å². The second-order valence-corrected chi connectivity index (χ2v) is 4.21. The van der Waals surface area contributed by atoms with Crippen molar-refractivity contribution in [1.82, 2.24) is 5.06 Å². The van der Waals surface area contributed by atoms with Crippen molar-refractivity contribution in [1.29, 1.82) is 0 Å². The summed E-state index contributed by atoms with van der Waals surface area (Å²) in [7, 11) is 0. The second kappa shape index (κ2) is 4.27. The minimum Gasteiger partial charge on any atom is -0.467 e. The molecule has 0 aliphatic carbocycles. The first-order chi connectivity index (χ1) is 8.72. The van der Waals surface area contributed by atoms with E-state index in [1.54, 1.807) is 11.3 Å². The van der Waals surface area contributed by atoms with E-state index in [9.17, 15) is 0 Å². The Bertz CT molecular complexity index is 557. The van der Waals surface area contributed by atoms with Gasteiger partial charge in [-0.15, -0.1) is 5.06 Å². The van der Waals surface area contributed by atoms with Crippen molar-refractivity contribution in [3.8, 4) is 0 Å². The first kappa shape index (κ1) is 11.0. The van der Waals surface area contributed by atoms with Crippen LogP contribution in [0, 0.1) is 6.92 Å². The molecule has 0 saturated heterocycles. The highest BCUT2D eigenvalue weighted by molar-refractivity contribution is 5.16. The molecule has 0 aromatic carbocycles. The van der Waals surface area contributed by atoms with Crippen molar-refractivity contribution >= 4 is 0 Å². The molecule has 1 unspecified atom stereocenters. The SMILES string of the molecule is Cc1ccc(CN2OC(N)=CC2c2ccco2)o1. The number of hydrogen-bond acceptors (Lipinski definition) is 5. The molecular formula is C13H14N2O3. The van der Waals surface area contributed by atoms with Crippen LogP contribution in [0.5, 0.6) is 0 Å². The Balaban J connectivity index is 1.79. The number of furan rings is 2. The average molecular weight is 246 g/mol. The molecule has 2 N–H and O–H groups in total. The fourth-order valence-corrected chi connectivity index (χ4v) is 2.00. The maximum Gasteiger partial charge on any atom is 0.207 e. The average Bonchev–Trinajstić information content (AvgIpc) is 3.01. The Morgan fingerprint density at radius 1 is 1.33 bits per heavy atom. The van der Waals surface area contributed by atoms with Gasteiger partial charge < -0.3 is 19.4 Å². The molecule has 5 heteroatoms. The topological polar surface area (TPSA) is 64.8 Å². The smallest absolute Gasteiger partial charge is 0.207 e. The first-order valence-electron chi connectivity index (χ1n) is 5.73. The molecule has 5 nitrogen and oxygen atoms in total. The molecule has 1 atom stereocenters. The summed E-state index contributed by atoms with van der Waals surface area (Å²) in [5.41, 5.74) is 5.71. The normalized spacial score (nSPS) is 19.8. The lowest BCUT2D eigenvalue weighted by molar-refractivity contribution is -0.134. The first-order valence-corrected chi connectivity index (χ1v) is 5.73. The molecule has 2 aromatic rings. The van der Waals surface area contributed by atoms with Gasteiger partial charge >= 0.3 is 0 Å². The van der Waals surface area contributed by atoms with E-state index in [0.29, 0.717) is 12.4 Å². The Morgan fingerprint density at radius 2 is 2.22 bits per heavy atom. The van der Waals surface area contributed by atoms with Gasteiger partial charge in [-0.25, -0.2) is 0 Å². The van der Waals surface area contributed by atoms with Crippen LogP contribution in [0.15, 0.2) is 51.3 Å². The quantitative estimate of drug-likeness (QED) is 0.901. The van der Waals surface area contributed by atoms with Gasteiger partial charge in [-0.1, -0.05) is 0 Å². The molecule has 0 fully saturated rings. The summed E-state index contributed by atoms with van der Waals surface area (Å²) in [5, 5.41) is 1.73. The number of hydroxylamine groups is 2. The van der Waals surface area contributed by atoms with Crippen molar-refractivity contribution < 1.29 is 13.7 Å². The number of nitrogens with two attached hydrogens (primary N) is 1. The highest BCUT2D eigenvalue weighted by atomic mass is 16.7. The van der Waals surface area contributed by atoms with Crippen LogP contribution < -0.4 is 5.73 Å². The highest BCUT2D eigenvalue weighted by Gasteiger charge is 2.30. The minimum atomic E-state index is -0.120. The molecule has 94 valence electrons. The van der Waals surface area contributed by atoms with Gasteiger partial charge in [0.05, 0.1) is 12.8 Å². The molecule has 3 rings (SSSR count). The maximum absolute atomic E-state index is 5.71. The minimum absolute atomic E-state index is 0.120. The van der Waals surface area contributed by atoms with Gasteiger partial charge in [0.15, 0.2) is 0 Å². The van der Waals surface area contributed by atoms with E-state index >= 15 is 0 Å². The zero-order chi connectivity index (χ0) is 12.5. The van der Waals surface area contributed by atoms with Gasteiger partial charge in [0.1, 0.15) is 23.3 Å². The number of hydrogen-bond donors (Lipinski definition) is 1. The van der Waals surface area contributed by atoms with Crippen molar-refractivity contribution in [2.75, 3.05) is 0 Å². The molecule has 2 aromatic heterocycles. The summed E-state index contributed by atoms with van der Waals surface area (Å²) in [5.74, 6) is 2.87. The van der Waals surface area contributed by atoms with Crippen LogP contribution in [0.1, 0.15) is 23.3 Å². The zero-order valence-electron chi connectivity index (χ0n) is 10.00. The van der Waals surface area contributed by atoms with Gasteiger partial charge in [-0.3, -0.25) is 0 Å². The summed E-state index contributed by atoms with van der Waals surface area (Å²) in [6.45, 7) is 2.42. The van der Waals surface area contributed by atoms with Gasteiger partial charge in [-0.05, 0) is 31.2 Å². The third-order valence-corrected chi connectivity index (χ3v) is 2.80. The monoisotopic (exact) mass is 246 g/mol. The fourth-order valence-electron chi connectivity index (χ4n) is 2.00. The summed E-state index contributed by atoms with van der Waals surface area (Å²) in [4.78, 5) is 5.46. The molecule has 0 amide bonds. The molecule has 0 bridgehead atoms. The lowest BCUT2D eigenvalue weighted by atomic mass is 10.2. The molecule has 1 aliphatic heterocycles. The van der Waals surface area contributed by atoms with E-state index in [0.717, 1.165) is 17.3 Å². The van der Waals surface area contributed by atoms with E-state index < -0.39 is 0 Å². The lowest BCUT2D eigenvalue weighted by Crippen LogP contribution is -2.22. The van der Waals surface area contributed by atoms with Gasteiger partial charge in [-0.2, -0.15) is 0 Å². The molecule has 3 heterocycles. The van der Waals surface area contributed by atoms with Crippen molar-refractivity contribution in [3.05, 3.63) is 59.8 Å². The Kier molecular flexibility index (Phi) is 2.60. The fraction of sp³-hybridized carbons (Fsp3) is 0.231. The van der Waals surface area contributed by atoms with Gasteiger partial charge in [0.25, 0.3) is 0 Å². The van der Waals surface area contributed by atoms with Gasteiger partial charge in [0, 0.05) is 6.08 Å². The standard InChI is InChI=1S/C13H14N2O3/c1-9-4-5-10(17-9)8-15-11(7-13(14)18-15)12-3-2-6-16-12/h2-7,11H,8,14H2,1H3. The third kappa shape index (κ3) is 2.00. The van der Waals surface area contributed by atoms with Crippen LogP contribution >= 0.6 is 0 Å².